The second-order valence-electron chi connectivity index (χ2n) is 5.82. The number of ether oxygens (including phenoxy) is 1. The molecule has 1 amide bonds. The molecule has 3 heterocycles. The molecule has 0 radical (unpaired) electrons. The summed E-state index contributed by atoms with van der Waals surface area (Å²) < 4.78 is 5.55. The van der Waals surface area contributed by atoms with E-state index in [9.17, 15) is 4.79 Å². The first-order chi connectivity index (χ1) is 9.20. The smallest absolute Gasteiger partial charge is 0.254 e. The van der Waals surface area contributed by atoms with E-state index in [4.69, 9.17) is 4.74 Å². The Balaban J connectivity index is 1.78. The summed E-state index contributed by atoms with van der Waals surface area (Å²) >= 11 is 0. The second kappa shape index (κ2) is 4.93. The minimum absolute atomic E-state index is 0.144. The van der Waals surface area contributed by atoms with E-state index < -0.39 is 0 Å². The number of piperidine rings is 1. The molecule has 19 heavy (non-hydrogen) atoms. The fourth-order valence-electron chi connectivity index (χ4n) is 3.24. The van der Waals surface area contributed by atoms with Crippen molar-refractivity contribution in [2.75, 3.05) is 26.3 Å². The highest BCUT2D eigenvalue weighted by Gasteiger charge is 2.40. The SMILES string of the molecule is Cc1cnccc1C(=O)N1CCCC2(CCOC2)C1. The number of aryl methyl sites for hydroxylation is 1. The third kappa shape index (κ3) is 2.37. The Morgan fingerprint density at radius 1 is 1.47 bits per heavy atom. The summed E-state index contributed by atoms with van der Waals surface area (Å²) in [7, 11) is 0. The summed E-state index contributed by atoms with van der Waals surface area (Å²) in [4.78, 5) is 18.7. The van der Waals surface area contributed by atoms with E-state index in [2.05, 4.69) is 4.98 Å². The molecule has 3 rings (SSSR count). The van der Waals surface area contributed by atoms with Crippen LogP contribution >= 0.6 is 0 Å². The molecule has 0 N–H and O–H groups in total. The number of nitrogens with zero attached hydrogens (tertiary/aromatic N) is 2. The molecule has 1 unspecified atom stereocenters. The van der Waals surface area contributed by atoms with Crippen molar-refractivity contribution in [3.05, 3.63) is 29.6 Å². The van der Waals surface area contributed by atoms with Crippen molar-refractivity contribution in [3.63, 3.8) is 0 Å². The summed E-state index contributed by atoms with van der Waals surface area (Å²) in [5.74, 6) is 0.144. The van der Waals surface area contributed by atoms with Gasteiger partial charge in [0.1, 0.15) is 0 Å². The number of carbonyl (C=O) groups is 1. The molecular formula is C15H20N2O2. The van der Waals surface area contributed by atoms with E-state index in [-0.39, 0.29) is 11.3 Å². The minimum Gasteiger partial charge on any atom is -0.381 e. The molecule has 0 saturated carbocycles. The van der Waals surface area contributed by atoms with E-state index in [1.165, 1.54) is 6.42 Å². The maximum atomic E-state index is 12.6. The van der Waals surface area contributed by atoms with Gasteiger partial charge in [0.15, 0.2) is 0 Å². The van der Waals surface area contributed by atoms with Crippen LogP contribution in [-0.4, -0.2) is 42.1 Å². The van der Waals surface area contributed by atoms with E-state index in [0.29, 0.717) is 0 Å². The highest BCUT2D eigenvalue weighted by molar-refractivity contribution is 5.95. The fraction of sp³-hybridized carbons (Fsp3) is 0.600. The van der Waals surface area contributed by atoms with Crippen molar-refractivity contribution in [2.45, 2.75) is 26.2 Å². The van der Waals surface area contributed by atoms with Crippen LogP contribution in [0.5, 0.6) is 0 Å². The number of hydrogen-bond acceptors (Lipinski definition) is 3. The quantitative estimate of drug-likeness (QED) is 0.776. The van der Waals surface area contributed by atoms with Crippen LogP contribution in [0.25, 0.3) is 0 Å². The van der Waals surface area contributed by atoms with Crippen molar-refractivity contribution in [2.24, 2.45) is 5.41 Å². The lowest BCUT2D eigenvalue weighted by atomic mass is 9.79. The largest absolute Gasteiger partial charge is 0.381 e. The predicted octanol–water partition coefficient (Wildman–Crippen LogP) is 2.03. The minimum atomic E-state index is 0.144. The van der Waals surface area contributed by atoms with Gasteiger partial charge in [-0.2, -0.15) is 0 Å². The first-order valence-electron chi connectivity index (χ1n) is 6.98. The Labute approximate surface area is 113 Å². The molecule has 2 fully saturated rings. The zero-order valence-electron chi connectivity index (χ0n) is 11.4. The molecule has 0 aliphatic carbocycles. The topological polar surface area (TPSA) is 42.4 Å². The zero-order chi connectivity index (χ0) is 13.3. The van der Waals surface area contributed by atoms with Crippen molar-refractivity contribution < 1.29 is 9.53 Å². The van der Waals surface area contributed by atoms with Gasteiger partial charge in [0.05, 0.1) is 6.61 Å². The normalized spacial score (nSPS) is 26.9. The molecule has 0 aromatic carbocycles. The molecule has 1 aromatic rings. The van der Waals surface area contributed by atoms with E-state index in [1.54, 1.807) is 12.4 Å². The van der Waals surface area contributed by atoms with Crippen molar-refractivity contribution in [1.29, 1.82) is 0 Å². The van der Waals surface area contributed by atoms with Gasteiger partial charge in [-0.15, -0.1) is 0 Å². The van der Waals surface area contributed by atoms with Gasteiger partial charge in [0, 0.05) is 43.1 Å². The number of pyridine rings is 1. The van der Waals surface area contributed by atoms with Gasteiger partial charge in [-0.3, -0.25) is 9.78 Å². The molecule has 2 aliphatic rings. The number of amides is 1. The van der Waals surface area contributed by atoms with Crippen LogP contribution in [0.2, 0.25) is 0 Å². The Bertz CT molecular complexity index is 481. The van der Waals surface area contributed by atoms with Crippen molar-refractivity contribution in [3.8, 4) is 0 Å². The highest BCUT2D eigenvalue weighted by atomic mass is 16.5. The summed E-state index contributed by atoms with van der Waals surface area (Å²) in [6, 6.07) is 1.82. The zero-order valence-corrected chi connectivity index (χ0v) is 11.4. The van der Waals surface area contributed by atoms with Crippen LogP contribution in [0, 0.1) is 12.3 Å². The molecule has 1 aromatic heterocycles. The Kier molecular flexibility index (Phi) is 3.27. The van der Waals surface area contributed by atoms with E-state index in [1.807, 2.05) is 17.9 Å². The first kappa shape index (κ1) is 12.6. The van der Waals surface area contributed by atoms with Gasteiger partial charge in [-0.25, -0.2) is 0 Å². The number of aromatic nitrogens is 1. The van der Waals surface area contributed by atoms with Gasteiger partial charge >= 0.3 is 0 Å². The van der Waals surface area contributed by atoms with Crippen molar-refractivity contribution in [1.82, 2.24) is 9.88 Å². The highest BCUT2D eigenvalue weighted by Crippen LogP contribution is 2.38. The van der Waals surface area contributed by atoms with Crippen LogP contribution in [0.15, 0.2) is 18.5 Å². The molecule has 2 aliphatic heterocycles. The molecule has 2 saturated heterocycles. The first-order valence-corrected chi connectivity index (χ1v) is 6.98. The molecule has 1 spiro atoms. The predicted molar refractivity (Wildman–Crippen MR) is 72.0 cm³/mol. The summed E-state index contributed by atoms with van der Waals surface area (Å²) in [5.41, 5.74) is 1.95. The maximum absolute atomic E-state index is 12.6. The lowest BCUT2D eigenvalue weighted by Gasteiger charge is -2.39. The van der Waals surface area contributed by atoms with Gasteiger partial charge in [-0.1, -0.05) is 0 Å². The van der Waals surface area contributed by atoms with Gasteiger partial charge in [0.2, 0.25) is 0 Å². The standard InChI is InChI=1S/C15H20N2O2/c1-12-9-16-6-3-13(12)14(18)17-7-2-4-15(10-17)5-8-19-11-15/h3,6,9H,2,4-5,7-8,10-11H2,1H3. The summed E-state index contributed by atoms with van der Waals surface area (Å²) in [6.45, 7) is 5.30. The number of likely N-dealkylation sites (tertiary alicyclic amines) is 1. The molecular weight excluding hydrogens is 240 g/mol. The summed E-state index contributed by atoms with van der Waals surface area (Å²) in [5, 5.41) is 0. The van der Waals surface area contributed by atoms with E-state index >= 15 is 0 Å². The van der Waals surface area contributed by atoms with Crippen LogP contribution in [0.1, 0.15) is 35.2 Å². The maximum Gasteiger partial charge on any atom is 0.254 e. The summed E-state index contributed by atoms with van der Waals surface area (Å²) in [6.07, 6.45) is 6.81. The molecule has 0 bridgehead atoms. The van der Waals surface area contributed by atoms with E-state index in [0.717, 1.165) is 50.3 Å². The van der Waals surface area contributed by atoms with Crippen LogP contribution in [0.4, 0.5) is 0 Å². The Morgan fingerprint density at radius 3 is 3.11 bits per heavy atom. The third-order valence-electron chi connectivity index (χ3n) is 4.38. The number of hydrogen-bond donors (Lipinski definition) is 0. The number of carbonyl (C=O) groups excluding carboxylic acids is 1. The van der Waals surface area contributed by atoms with Crippen LogP contribution < -0.4 is 0 Å². The van der Waals surface area contributed by atoms with Crippen molar-refractivity contribution >= 4 is 5.91 Å². The van der Waals surface area contributed by atoms with Gasteiger partial charge < -0.3 is 9.64 Å². The Hall–Kier alpha value is -1.42. The lowest BCUT2D eigenvalue weighted by molar-refractivity contribution is 0.0462. The molecule has 1 atom stereocenters. The van der Waals surface area contributed by atoms with Crippen LogP contribution in [0.3, 0.4) is 0 Å². The Morgan fingerprint density at radius 2 is 2.37 bits per heavy atom. The lowest BCUT2D eigenvalue weighted by Crippen LogP contribution is -2.46. The molecule has 4 heteroatoms. The van der Waals surface area contributed by atoms with Crippen LogP contribution in [-0.2, 0) is 4.74 Å². The average Bonchev–Trinajstić information content (AvgIpc) is 2.86. The fourth-order valence-corrected chi connectivity index (χ4v) is 3.24. The third-order valence-corrected chi connectivity index (χ3v) is 4.38. The average molecular weight is 260 g/mol. The monoisotopic (exact) mass is 260 g/mol. The van der Waals surface area contributed by atoms with Gasteiger partial charge in [0.25, 0.3) is 5.91 Å². The molecule has 102 valence electrons. The molecule has 4 nitrogen and oxygen atoms in total. The van der Waals surface area contributed by atoms with Gasteiger partial charge in [-0.05, 0) is 37.8 Å². The number of rotatable bonds is 1. The second-order valence-corrected chi connectivity index (χ2v) is 5.82.